The van der Waals surface area contributed by atoms with Crippen LogP contribution in [0.15, 0.2) is 0 Å². The van der Waals surface area contributed by atoms with Crippen molar-refractivity contribution >= 4 is 18.1 Å². The number of unbranched alkanes of at least 4 members (excludes halogenated alkanes) is 2. The van der Waals surface area contributed by atoms with Crippen LogP contribution in [0.25, 0.3) is 0 Å². The van der Waals surface area contributed by atoms with Gasteiger partial charge in [0.05, 0.1) is 0 Å². The largest absolute Gasteiger partial charge is 0.500 e. The van der Waals surface area contributed by atoms with Crippen LogP contribution < -0.4 is 5.32 Å². The van der Waals surface area contributed by atoms with Crippen molar-refractivity contribution in [3.05, 3.63) is 0 Å². The normalized spacial score (nSPS) is 13.7. The minimum Gasteiger partial charge on any atom is -0.400 e. The average molecular weight is 368 g/mol. The van der Waals surface area contributed by atoms with Crippen LogP contribution in [0.2, 0.25) is 11.6 Å². The zero-order chi connectivity index (χ0) is 17.6. The van der Waals surface area contributed by atoms with Gasteiger partial charge in [0.25, 0.3) is 0 Å². The fourth-order valence-corrected chi connectivity index (χ4v) is 6.05. The highest BCUT2D eigenvalue weighted by Gasteiger charge is 2.36. The molecule has 0 bridgehead atoms. The summed E-state index contributed by atoms with van der Waals surface area (Å²) in [6.45, 7) is 4.27. The molecular weight excluding hydrogens is 330 g/mol. The van der Waals surface area contributed by atoms with Crippen LogP contribution in [0.5, 0.6) is 0 Å². The second-order valence-corrected chi connectivity index (χ2v) is 11.7. The third-order valence-corrected chi connectivity index (χ3v) is 9.24. The Balaban J connectivity index is 3.53. The topological polar surface area (TPSA) is 58.2 Å². The molecule has 1 unspecified atom stereocenters. The molecule has 8 heteroatoms. The molecule has 0 heterocycles. The zero-order valence-electron chi connectivity index (χ0n) is 15.9. The molecule has 1 atom stereocenters. The summed E-state index contributed by atoms with van der Waals surface area (Å²) in [5, 5.41) is 3.48. The van der Waals surface area contributed by atoms with Crippen molar-refractivity contribution in [3.63, 3.8) is 0 Å². The van der Waals surface area contributed by atoms with Crippen molar-refractivity contribution in [1.29, 1.82) is 0 Å². The van der Waals surface area contributed by atoms with E-state index in [1.54, 1.807) is 35.5 Å². The monoisotopic (exact) mass is 367 g/mol. The molecule has 0 fully saturated rings. The van der Waals surface area contributed by atoms with Gasteiger partial charge < -0.3 is 27.4 Å². The molecule has 0 spiro atoms. The second kappa shape index (κ2) is 14.5. The Bertz CT molecular complexity index is 258. The van der Waals surface area contributed by atoms with Gasteiger partial charge in [-0.3, -0.25) is 0 Å². The highest BCUT2D eigenvalue weighted by Crippen LogP contribution is 2.19. The lowest BCUT2D eigenvalue weighted by atomic mass is 10.1. The van der Waals surface area contributed by atoms with E-state index in [9.17, 15) is 0 Å². The molecule has 0 saturated carbocycles. The van der Waals surface area contributed by atoms with Crippen LogP contribution in [-0.2, 0) is 22.1 Å². The Hall–Kier alpha value is 0.194. The average Bonchev–Trinajstić information content (AvgIpc) is 2.58. The molecule has 0 aromatic heterocycles. The lowest BCUT2D eigenvalue weighted by Crippen LogP contribution is -2.43. The van der Waals surface area contributed by atoms with Crippen LogP contribution in [0.3, 0.4) is 0 Å². The van der Waals surface area contributed by atoms with Crippen LogP contribution in [0, 0.1) is 0 Å². The van der Waals surface area contributed by atoms with Gasteiger partial charge in [0.2, 0.25) is 0 Å². The van der Waals surface area contributed by atoms with Gasteiger partial charge in [0.1, 0.15) is 0 Å². The van der Waals surface area contributed by atoms with E-state index >= 15 is 0 Å². The first-order chi connectivity index (χ1) is 11.1. The molecule has 0 rings (SSSR count). The first-order valence-corrected chi connectivity index (χ1v) is 12.0. The van der Waals surface area contributed by atoms with Crippen molar-refractivity contribution in [2.75, 3.05) is 48.6 Å². The molecule has 0 amide bonds. The van der Waals surface area contributed by atoms with E-state index in [4.69, 9.17) is 22.1 Å². The van der Waals surface area contributed by atoms with Crippen LogP contribution in [0.1, 0.15) is 39.0 Å². The van der Waals surface area contributed by atoms with Crippen molar-refractivity contribution in [3.8, 4) is 0 Å². The fourth-order valence-electron chi connectivity index (χ4n) is 2.70. The molecule has 0 aromatic carbocycles. The summed E-state index contributed by atoms with van der Waals surface area (Å²) in [6.07, 6.45) is 5.90. The van der Waals surface area contributed by atoms with Gasteiger partial charge in [-0.2, -0.15) is 0 Å². The van der Waals surface area contributed by atoms with Crippen molar-refractivity contribution in [2.24, 2.45) is 0 Å². The van der Waals surface area contributed by atoms with Gasteiger partial charge in [-0.05, 0) is 37.9 Å². The maximum absolute atomic E-state index is 5.42. The van der Waals surface area contributed by atoms with E-state index in [1.165, 1.54) is 25.7 Å². The van der Waals surface area contributed by atoms with E-state index in [2.05, 4.69) is 12.2 Å². The van der Waals surface area contributed by atoms with E-state index in [-0.39, 0.29) is 0 Å². The number of hydrogen-bond donors (Lipinski definition) is 1. The fraction of sp³-hybridized carbons (Fsp3) is 1.00. The summed E-state index contributed by atoms with van der Waals surface area (Å²) in [5.74, 6) is 0. The van der Waals surface area contributed by atoms with Crippen molar-refractivity contribution < 1.29 is 22.1 Å². The number of hydrogen-bond acceptors (Lipinski definition) is 6. The molecule has 0 aliphatic carbocycles. The van der Waals surface area contributed by atoms with E-state index in [0.717, 1.165) is 25.6 Å². The van der Waals surface area contributed by atoms with Gasteiger partial charge in [0, 0.05) is 41.6 Å². The maximum atomic E-state index is 5.42. The van der Waals surface area contributed by atoms with Gasteiger partial charge in [0.15, 0.2) is 0 Å². The Morgan fingerprint density at radius 1 is 0.826 bits per heavy atom. The third-order valence-electron chi connectivity index (χ3n) is 4.21. The first-order valence-electron chi connectivity index (χ1n) is 8.50. The van der Waals surface area contributed by atoms with E-state index < -0.39 is 18.1 Å². The minimum absolute atomic E-state index is 0.577. The lowest BCUT2D eigenvalue weighted by molar-refractivity contribution is 0.123. The molecule has 0 aliphatic rings. The molecular formula is C15H37NO5Si2. The van der Waals surface area contributed by atoms with Crippen molar-refractivity contribution in [1.82, 2.24) is 5.32 Å². The number of rotatable bonds is 16. The molecule has 0 saturated heterocycles. The Labute approximate surface area is 145 Å². The highest BCUT2D eigenvalue weighted by atomic mass is 28.4. The van der Waals surface area contributed by atoms with E-state index in [1.807, 2.05) is 0 Å². The van der Waals surface area contributed by atoms with Crippen LogP contribution in [-0.4, -0.2) is 66.7 Å². The van der Waals surface area contributed by atoms with Gasteiger partial charge in [-0.1, -0.05) is 19.8 Å². The van der Waals surface area contributed by atoms with Crippen LogP contribution >= 0.6 is 0 Å². The number of nitrogens with one attached hydrogen (secondary N) is 1. The molecule has 1 N–H and O–H groups in total. The molecule has 6 nitrogen and oxygen atoms in total. The molecule has 0 radical (unpaired) electrons. The van der Waals surface area contributed by atoms with Crippen molar-refractivity contribution in [2.45, 2.75) is 50.6 Å². The summed E-state index contributed by atoms with van der Waals surface area (Å²) in [7, 11) is 4.68. The molecule has 23 heavy (non-hydrogen) atoms. The summed E-state index contributed by atoms with van der Waals surface area (Å²) in [5.41, 5.74) is 0.577. The Morgan fingerprint density at radius 3 is 1.91 bits per heavy atom. The van der Waals surface area contributed by atoms with Gasteiger partial charge in [-0.15, -0.1) is 0 Å². The third kappa shape index (κ3) is 9.93. The Kier molecular flexibility index (Phi) is 14.7. The summed E-state index contributed by atoms with van der Waals surface area (Å²) >= 11 is 0. The minimum atomic E-state index is -2.39. The predicted molar refractivity (Wildman–Crippen MR) is 98.1 cm³/mol. The molecule has 140 valence electrons. The summed E-state index contributed by atoms with van der Waals surface area (Å²) < 4.78 is 27.0. The summed E-state index contributed by atoms with van der Waals surface area (Å²) in [6, 6.07) is 0.848. The van der Waals surface area contributed by atoms with Gasteiger partial charge in [-0.25, -0.2) is 0 Å². The first kappa shape index (κ1) is 23.2. The molecule has 0 aromatic rings. The summed E-state index contributed by atoms with van der Waals surface area (Å²) in [4.78, 5) is 0. The quantitative estimate of drug-likeness (QED) is 0.334. The maximum Gasteiger partial charge on any atom is 0.500 e. The van der Waals surface area contributed by atoms with Gasteiger partial charge >= 0.3 is 18.1 Å². The smallest absolute Gasteiger partial charge is 0.400 e. The highest BCUT2D eigenvalue weighted by molar-refractivity contribution is 6.60. The zero-order valence-corrected chi connectivity index (χ0v) is 18.0. The van der Waals surface area contributed by atoms with Crippen LogP contribution in [0.4, 0.5) is 0 Å². The predicted octanol–water partition coefficient (Wildman–Crippen LogP) is 2.31. The standard InChI is InChI=1S/C15H37NO5Si2/c1-15(22(17-2)18-3)11-8-7-9-12-16-13-10-14-23(19-4,20-5)21-6/h15-16,22H,7-14H2,1-6H3. The SMILES string of the molecule is CO[SiH](OC)C(C)CCCCCNCCC[Si](OC)(OC)OC. The second-order valence-electron chi connectivity index (χ2n) is 5.82. The van der Waals surface area contributed by atoms with E-state index in [0.29, 0.717) is 5.54 Å². The lowest BCUT2D eigenvalue weighted by Gasteiger charge is -2.24. The Morgan fingerprint density at radius 2 is 1.39 bits per heavy atom. The molecule has 0 aliphatic heterocycles.